The van der Waals surface area contributed by atoms with Crippen LogP contribution in [0.3, 0.4) is 0 Å². The van der Waals surface area contributed by atoms with E-state index < -0.39 is 84.9 Å². The van der Waals surface area contributed by atoms with Gasteiger partial charge in [0.25, 0.3) is 0 Å². The summed E-state index contributed by atoms with van der Waals surface area (Å²) >= 11 is 0. The van der Waals surface area contributed by atoms with Crippen LogP contribution in [0.15, 0.2) is 30.3 Å². The lowest BCUT2D eigenvalue weighted by Crippen LogP contribution is -2.61. The summed E-state index contributed by atoms with van der Waals surface area (Å²) in [6, 6.07) is 5.85. The average Bonchev–Trinajstić information content (AvgIpc) is 2.92. The molecule has 2 aromatic carbocycles. The number of benzene rings is 2. The summed E-state index contributed by atoms with van der Waals surface area (Å²) in [5.74, 6) is -2.97. The topological polar surface area (TPSA) is 256 Å². The second-order valence-electron chi connectivity index (χ2n) is 9.80. The Morgan fingerprint density at radius 1 is 0.805 bits per heavy atom. The minimum atomic E-state index is -1.87. The highest BCUT2D eigenvalue weighted by Crippen LogP contribution is 2.37. The van der Waals surface area contributed by atoms with E-state index >= 15 is 0 Å². The Hall–Kier alpha value is -3.25. The fourth-order valence-electron chi connectivity index (χ4n) is 4.46. The highest BCUT2D eigenvalue weighted by atomic mass is 16.7. The van der Waals surface area contributed by atoms with Crippen molar-refractivity contribution >= 4 is 5.78 Å². The summed E-state index contributed by atoms with van der Waals surface area (Å²) in [6.07, 6.45) is -14.7. The minimum Gasteiger partial charge on any atom is -0.508 e. The number of rotatable bonds is 9. The van der Waals surface area contributed by atoms with Crippen LogP contribution in [0.1, 0.15) is 22.3 Å². The van der Waals surface area contributed by atoms with Crippen LogP contribution in [0.25, 0.3) is 0 Å². The highest BCUT2D eigenvalue weighted by molar-refractivity contribution is 6.01. The number of carbonyl (C=O) groups is 1. The first-order valence-corrected chi connectivity index (χ1v) is 12.6. The monoisotopic (exact) mass is 584 g/mol. The molecule has 9 atom stereocenters. The molecule has 2 fully saturated rings. The highest BCUT2D eigenvalue weighted by Gasteiger charge is 2.46. The molecule has 10 N–H and O–H groups in total. The van der Waals surface area contributed by atoms with E-state index in [0.29, 0.717) is 5.56 Å². The Balaban J connectivity index is 1.48. The quantitative estimate of drug-likeness (QED) is 0.113. The van der Waals surface area contributed by atoms with Crippen molar-refractivity contribution in [2.24, 2.45) is 0 Å². The fraction of sp³-hybridized carbons (Fsp3) is 0.500. The zero-order chi connectivity index (χ0) is 30.0. The molecule has 2 aliphatic heterocycles. The van der Waals surface area contributed by atoms with Crippen LogP contribution in [0.4, 0.5) is 0 Å². The van der Waals surface area contributed by atoms with Crippen molar-refractivity contribution in [3.8, 4) is 28.7 Å². The van der Waals surface area contributed by atoms with Gasteiger partial charge in [-0.05, 0) is 24.1 Å². The number of hydrogen-bond acceptors (Lipinski definition) is 15. The predicted molar refractivity (Wildman–Crippen MR) is 133 cm³/mol. The van der Waals surface area contributed by atoms with Gasteiger partial charge >= 0.3 is 0 Å². The van der Waals surface area contributed by atoms with Crippen LogP contribution < -0.4 is 4.74 Å². The van der Waals surface area contributed by atoms with Gasteiger partial charge < -0.3 is 70.0 Å². The van der Waals surface area contributed by atoms with E-state index in [1.54, 1.807) is 0 Å². The number of aliphatic hydroxyl groups is 6. The van der Waals surface area contributed by atoms with E-state index in [-0.39, 0.29) is 36.5 Å². The molecular weight excluding hydrogens is 552 g/mol. The van der Waals surface area contributed by atoms with E-state index in [4.69, 9.17) is 18.9 Å². The van der Waals surface area contributed by atoms with Crippen LogP contribution in [-0.2, 0) is 20.6 Å². The van der Waals surface area contributed by atoms with E-state index in [9.17, 15) is 55.9 Å². The largest absolute Gasteiger partial charge is 0.508 e. The Morgan fingerprint density at radius 2 is 1.51 bits per heavy atom. The first-order chi connectivity index (χ1) is 19.4. The Morgan fingerprint density at radius 3 is 2.22 bits per heavy atom. The van der Waals surface area contributed by atoms with Crippen molar-refractivity contribution in [2.45, 2.75) is 68.1 Å². The number of aliphatic hydroxyl groups excluding tert-OH is 6. The molecule has 0 aliphatic carbocycles. The zero-order valence-electron chi connectivity index (χ0n) is 21.4. The van der Waals surface area contributed by atoms with Crippen molar-refractivity contribution in [1.29, 1.82) is 0 Å². The number of phenolic OH excluding ortho intramolecular Hbond substituents is 4. The number of ether oxygens (including phenoxy) is 4. The molecular formula is C26H32O15. The summed E-state index contributed by atoms with van der Waals surface area (Å²) in [5.41, 5.74) is 0.107. The number of ketones is 1. The van der Waals surface area contributed by atoms with E-state index in [1.807, 2.05) is 0 Å². The van der Waals surface area contributed by atoms with Crippen molar-refractivity contribution < 1.29 is 74.8 Å². The van der Waals surface area contributed by atoms with Crippen molar-refractivity contribution in [3.63, 3.8) is 0 Å². The standard InChI is InChI=1S/C26H32O15/c27-11-6-15(31)19(13(29)4-2-10-1-3-12(28)14(30)5-10)17(7-11)40-26-24(37)22(35)21(34)18(41-26)9-39-25-23(36)20(33)16(32)8-38-25/h1,3,5-7,16,18,20-28,30-37H,2,4,8-9H2. The summed E-state index contributed by atoms with van der Waals surface area (Å²) in [5, 5.41) is 100. The normalized spacial score (nSPS) is 32.0. The molecule has 226 valence electrons. The fourth-order valence-corrected chi connectivity index (χ4v) is 4.46. The molecule has 0 amide bonds. The molecule has 2 aromatic rings. The summed E-state index contributed by atoms with van der Waals surface area (Å²) in [4.78, 5) is 13.1. The molecule has 0 saturated carbocycles. The van der Waals surface area contributed by atoms with Gasteiger partial charge in [0.1, 0.15) is 65.5 Å². The number of Topliss-reactive ketones (excluding diaryl/α,β-unsaturated/α-hetero) is 1. The number of aryl methyl sites for hydroxylation is 1. The molecule has 0 bridgehead atoms. The number of hydrogen-bond donors (Lipinski definition) is 10. The molecule has 9 unspecified atom stereocenters. The SMILES string of the molecule is O=C(CCc1ccc(O)c(O)c1)c1c(O)cc(O)cc1OC1OC(COC2OCC(O)C(O)C2O)C(O)C(O)C1O. The van der Waals surface area contributed by atoms with Gasteiger partial charge in [0.15, 0.2) is 23.6 Å². The van der Waals surface area contributed by atoms with Crippen LogP contribution in [0.5, 0.6) is 28.7 Å². The van der Waals surface area contributed by atoms with Gasteiger partial charge in [-0.25, -0.2) is 0 Å². The first-order valence-electron chi connectivity index (χ1n) is 12.6. The molecule has 0 radical (unpaired) electrons. The third-order valence-electron chi connectivity index (χ3n) is 6.82. The van der Waals surface area contributed by atoms with Gasteiger partial charge in [0.05, 0.1) is 13.2 Å². The maximum atomic E-state index is 13.1. The molecule has 0 spiro atoms. The molecule has 15 nitrogen and oxygen atoms in total. The van der Waals surface area contributed by atoms with Gasteiger partial charge in [-0.15, -0.1) is 0 Å². The Kier molecular flexibility index (Phi) is 9.53. The third kappa shape index (κ3) is 6.81. The Labute approximate surface area is 232 Å². The molecule has 4 rings (SSSR count). The number of carbonyl (C=O) groups excluding carboxylic acids is 1. The Bertz CT molecular complexity index is 1220. The average molecular weight is 585 g/mol. The van der Waals surface area contributed by atoms with E-state index in [0.717, 1.165) is 12.1 Å². The first kappa shape index (κ1) is 30.7. The predicted octanol–water partition coefficient (Wildman–Crippen LogP) is -2.03. The minimum absolute atomic E-state index is 0.0834. The lowest BCUT2D eigenvalue weighted by molar-refractivity contribution is -0.307. The van der Waals surface area contributed by atoms with Gasteiger partial charge in [-0.2, -0.15) is 0 Å². The lowest BCUT2D eigenvalue weighted by atomic mass is 9.98. The van der Waals surface area contributed by atoms with Gasteiger partial charge in [-0.3, -0.25) is 4.79 Å². The second kappa shape index (κ2) is 12.7. The van der Waals surface area contributed by atoms with Gasteiger partial charge in [0, 0.05) is 18.6 Å². The summed E-state index contributed by atoms with van der Waals surface area (Å²) in [7, 11) is 0. The smallest absolute Gasteiger partial charge is 0.229 e. The second-order valence-corrected chi connectivity index (χ2v) is 9.80. The molecule has 41 heavy (non-hydrogen) atoms. The van der Waals surface area contributed by atoms with Crippen molar-refractivity contribution in [1.82, 2.24) is 0 Å². The molecule has 0 aromatic heterocycles. The molecule has 2 aliphatic rings. The number of aromatic hydroxyl groups is 4. The maximum Gasteiger partial charge on any atom is 0.229 e. The molecule has 2 saturated heterocycles. The van der Waals surface area contributed by atoms with E-state index in [1.165, 1.54) is 18.2 Å². The van der Waals surface area contributed by atoms with Crippen molar-refractivity contribution in [3.05, 3.63) is 41.5 Å². The molecule has 2 heterocycles. The van der Waals surface area contributed by atoms with Crippen LogP contribution >= 0.6 is 0 Å². The summed E-state index contributed by atoms with van der Waals surface area (Å²) < 4.78 is 21.6. The van der Waals surface area contributed by atoms with Crippen molar-refractivity contribution in [2.75, 3.05) is 13.2 Å². The zero-order valence-corrected chi connectivity index (χ0v) is 21.4. The van der Waals surface area contributed by atoms with Crippen LogP contribution in [-0.4, -0.2) is 125 Å². The van der Waals surface area contributed by atoms with Gasteiger partial charge in [0.2, 0.25) is 6.29 Å². The van der Waals surface area contributed by atoms with E-state index in [2.05, 4.69) is 0 Å². The van der Waals surface area contributed by atoms with Crippen LogP contribution in [0.2, 0.25) is 0 Å². The van der Waals surface area contributed by atoms with Crippen LogP contribution in [0, 0.1) is 0 Å². The summed E-state index contributed by atoms with van der Waals surface area (Å²) in [6.45, 7) is -0.901. The maximum absolute atomic E-state index is 13.1. The third-order valence-corrected chi connectivity index (χ3v) is 6.82. The molecule has 15 heteroatoms. The lowest BCUT2D eigenvalue weighted by Gasteiger charge is -2.41. The van der Waals surface area contributed by atoms with Gasteiger partial charge in [-0.1, -0.05) is 6.07 Å². The number of phenols is 4.